The first kappa shape index (κ1) is 28.9. The summed E-state index contributed by atoms with van der Waals surface area (Å²) in [4.78, 5) is 29.1. The van der Waals surface area contributed by atoms with E-state index in [4.69, 9.17) is 0 Å². The summed E-state index contributed by atoms with van der Waals surface area (Å²) >= 11 is 0. The van der Waals surface area contributed by atoms with Crippen LogP contribution in [0.3, 0.4) is 0 Å². The molecule has 0 aromatic heterocycles. The molecule has 0 aliphatic carbocycles. The zero-order valence-electron chi connectivity index (χ0n) is 22.5. The van der Waals surface area contributed by atoms with E-state index in [2.05, 4.69) is 5.32 Å². The number of para-hydroxylation sites is 1. The van der Waals surface area contributed by atoms with Gasteiger partial charge in [0, 0.05) is 19.0 Å². The van der Waals surface area contributed by atoms with Crippen molar-refractivity contribution in [3.63, 3.8) is 0 Å². The summed E-state index contributed by atoms with van der Waals surface area (Å²) in [6.07, 6.45) is 2.00. The molecule has 3 rings (SSSR count). The molecular weight excluding hydrogens is 498 g/mol. The Hall–Kier alpha value is -3.65. The minimum Gasteiger partial charge on any atom is -0.352 e. The zero-order valence-corrected chi connectivity index (χ0v) is 23.3. The monoisotopic (exact) mass is 535 g/mol. The molecule has 202 valence electrons. The van der Waals surface area contributed by atoms with Crippen LogP contribution in [0.1, 0.15) is 37.5 Å². The van der Waals surface area contributed by atoms with Crippen LogP contribution in [0.5, 0.6) is 0 Å². The van der Waals surface area contributed by atoms with Gasteiger partial charge in [-0.25, -0.2) is 8.42 Å². The third-order valence-corrected chi connectivity index (χ3v) is 7.34. The normalized spacial score (nSPS) is 12.1. The van der Waals surface area contributed by atoms with Crippen molar-refractivity contribution in [3.05, 3.63) is 102 Å². The number of carbonyl (C=O) groups excluding carboxylic acids is 2. The molecular formula is C30H37N3O4S. The van der Waals surface area contributed by atoms with Gasteiger partial charge in [0.15, 0.2) is 0 Å². The Labute approximate surface area is 226 Å². The molecule has 3 aromatic carbocycles. The van der Waals surface area contributed by atoms with Crippen LogP contribution in [0.15, 0.2) is 84.9 Å². The molecule has 0 heterocycles. The number of hydrogen-bond donors (Lipinski definition) is 1. The number of rotatable bonds is 12. The van der Waals surface area contributed by atoms with E-state index in [1.165, 1.54) is 4.90 Å². The standard InChI is InChI=1S/C30H37N3O4S/c1-5-26-18-12-13-19-27(26)33(38(4,36)37)22-29(34)32(21-25-16-10-7-11-17-25)28(30(35)31-23(2)3)20-24-14-8-6-9-15-24/h6-19,23,28H,5,20-22H2,1-4H3,(H,31,35)/t28-/m1/s1. The minimum atomic E-state index is -3.79. The van der Waals surface area contributed by atoms with Crippen LogP contribution in [0.4, 0.5) is 5.69 Å². The summed E-state index contributed by atoms with van der Waals surface area (Å²) in [7, 11) is -3.79. The lowest BCUT2D eigenvalue weighted by molar-refractivity contribution is -0.140. The maximum absolute atomic E-state index is 14.0. The number of benzene rings is 3. The van der Waals surface area contributed by atoms with Crippen LogP contribution in [-0.2, 0) is 39.0 Å². The van der Waals surface area contributed by atoms with Crippen molar-refractivity contribution in [1.82, 2.24) is 10.2 Å². The molecule has 0 spiro atoms. The number of nitrogens with one attached hydrogen (secondary N) is 1. The molecule has 0 aliphatic rings. The highest BCUT2D eigenvalue weighted by atomic mass is 32.2. The molecule has 1 N–H and O–H groups in total. The fraction of sp³-hybridized carbons (Fsp3) is 0.333. The maximum atomic E-state index is 14.0. The Bertz CT molecular complexity index is 1310. The molecule has 7 nitrogen and oxygen atoms in total. The van der Waals surface area contributed by atoms with E-state index in [0.29, 0.717) is 18.5 Å². The number of aryl methyl sites for hydroxylation is 1. The fourth-order valence-corrected chi connectivity index (χ4v) is 5.24. The van der Waals surface area contributed by atoms with Gasteiger partial charge in [0.25, 0.3) is 0 Å². The number of nitrogens with zero attached hydrogens (tertiary/aromatic N) is 2. The van der Waals surface area contributed by atoms with Gasteiger partial charge in [-0.3, -0.25) is 13.9 Å². The molecule has 38 heavy (non-hydrogen) atoms. The van der Waals surface area contributed by atoms with Crippen LogP contribution >= 0.6 is 0 Å². The van der Waals surface area contributed by atoms with E-state index in [1.54, 1.807) is 12.1 Å². The summed E-state index contributed by atoms with van der Waals surface area (Å²) in [5, 5.41) is 2.95. The zero-order chi connectivity index (χ0) is 27.7. The summed E-state index contributed by atoms with van der Waals surface area (Å²) in [5.41, 5.74) is 3.03. The van der Waals surface area contributed by atoms with E-state index in [0.717, 1.165) is 27.3 Å². The van der Waals surface area contributed by atoms with Crippen molar-refractivity contribution in [2.75, 3.05) is 17.1 Å². The second-order valence-electron chi connectivity index (χ2n) is 9.63. The van der Waals surface area contributed by atoms with E-state index >= 15 is 0 Å². The second-order valence-corrected chi connectivity index (χ2v) is 11.5. The first-order valence-electron chi connectivity index (χ1n) is 12.8. The summed E-state index contributed by atoms with van der Waals surface area (Å²) in [6, 6.07) is 25.1. The summed E-state index contributed by atoms with van der Waals surface area (Å²) < 4.78 is 27.0. The Balaban J connectivity index is 2.05. The van der Waals surface area contributed by atoms with Crippen molar-refractivity contribution < 1.29 is 18.0 Å². The van der Waals surface area contributed by atoms with E-state index in [-0.39, 0.29) is 18.5 Å². The lowest BCUT2D eigenvalue weighted by Crippen LogP contribution is -2.54. The average Bonchev–Trinajstić information content (AvgIpc) is 2.89. The Morgan fingerprint density at radius 1 is 0.842 bits per heavy atom. The van der Waals surface area contributed by atoms with Gasteiger partial charge in [0.2, 0.25) is 21.8 Å². The van der Waals surface area contributed by atoms with Crippen molar-refractivity contribution in [3.8, 4) is 0 Å². The van der Waals surface area contributed by atoms with Crippen LogP contribution in [0.2, 0.25) is 0 Å². The molecule has 1 atom stereocenters. The first-order chi connectivity index (χ1) is 18.1. The average molecular weight is 536 g/mol. The van der Waals surface area contributed by atoms with Crippen LogP contribution < -0.4 is 9.62 Å². The smallest absolute Gasteiger partial charge is 0.244 e. The Morgan fingerprint density at radius 3 is 1.95 bits per heavy atom. The Kier molecular flexibility index (Phi) is 10.1. The van der Waals surface area contributed by atoms with Gasteiger partial charge in [-0.2, -0.15) is 0 Å². The molecule has 0 radical (unpaired) electrons. The van der Waals surface area contributed by atoms with Crippen molar-refractivity contribution in [2.45, 2.75) is 52.2 Å². The van der Waals surface area contributed by atoms with E-state index < -0.39 is 28.5 Å². The van der Waals surface area contributed by atoms with E-state index in [1.807, 2.05) is 93.6 Å². The molecule has 0 bridgehead atoms. The fourth-order valence-electron chi connectivity index (χ4n) is 4.36. The first-order valence-corrected chi connectivity index (χ1v) is 14.7. The molecule has 8 heteroatoms. The number of sulfonamides is 1. The number of amides is 2. The molecule has 0 saturated carbocycles. The molecule has 0 aliphatic heterocycles. The van der Waals surface area contributed by atoms with Gasteiger partial charge in [0.05, 0.1) is 11.9 Å². The van der Waals surface area contributed by atoms with Crippen LogP contribution in [0, 0.1) is 0 Å². The molecule has 0 fully saturated rings. The summed E-state index contributed by atoms with van der Waals surface area (Å²) in [5.74, 6) is -0.738. The minimum absolute atomic E-state index is 0.126. The van der Waals surface area contributed by atoms with Crippen LogP contribution in [-0.4, -0.2) is 50.0 Å². The highest BCUT2D eigenvalue weighted by molar-refractivity contribution is 7.92. The van der Waals surface area contributed by atoms with Gasteiger partial charge in [-0.05, 0) is 43.0 Å². The molecule has 0 unspecified atom stereocenters. The third kappa shape index (κ3) is 7.92. The highest BCUT2D eigenvalue weighted by Gasteiger charge is 2.33. The van der Waals surface area contributed by atoms with Gasteiger partial charge in [0.1, 0.15) is 12.6 Å². The quantitative estimate of drug-likeness (QED) is 0.377. The lowest BCUT2D eigenvalue weighted by atomic mass is 10.0. The summed E-state index contributed by atoms with van der Waals surface area (Å²) in [6.45, 7) is 5.43. The number of hydrogen-bond acceptors (Lipinski definition) is 4. The van der Waals surface area contributed by atoms with Crippen molar-refractivity contribution in [2.24, 2.45) is 0 Å². The predicted octanol–water partition coefficient (Wildman–Crippen LogP) is 4.18. The predicted molar refractivity (Wildman–Crippen MR) is 152 cm³/mol. The molecule has 2 amide bonds. The van der Waals surface area contributed by atoms with Gasteiger partial charge < -0.3 is 10.2 Å². The Morgan fingerprint density at radius 2 is 1.39 bits per heavy atom. The van der Waals surface area contributed by atoms with Gasteiger partial charge in [-0.1, -0.05) is 85.8 Å². The number of carbonyl (C=O) groups is 2. The van der Waals surface area contributed by atoms with Crippen LogP contribution in [0.25, 0.3) is 0 Å². The van der Waals surface area contributed by atoms with Gasteiger partial charge >= 0.3 is 0 Å². The largest absolute Gasteiger partial charge is 0.352 e. The topological polar surface area (TPSA) is 86.8 Å². The van der Waals surface area contributed by atoms with Crippen molar-refractivity contribution >= 4 is 27.5 Å². The molecule has 3 aromatic rings. The highest BCUT2D eigenvalue weighted by Crippen LogP contribution is 2.24. The van der Waals surface area contributed by atoms with Gasteiger partial charge in [-0.15, -0.1) is 0 Å². The third-order valence-electron chi connectivity index (χ3n) is 6.22. The lowest BCUT2D eigenvalue weighted by Gasteiger charge is -2.34. The SMILES string of the molecule is CCc1ccccc1N(CC(=O)N(Cc1ccccc1)[C@H](Cc1ccccc1)C(=O)NC(C)C)S(C)(=O)=O. The maximum Gasteiger partial charge on any atom is 0.244 e. The van der Waals surface area contributed by atoms with Crippen molar-refractivity contribution in [1.29, 1.82) is 0 Å². The van der Waals surface area contributed by atoms with E-state index in [9.17, 15) is 18.0 Å². The molecule has 0 saturated heterocycles. The second kappa shape index (κ2) is 13.2. The number of anilines is 1.